The Morgan fingerprint density at radius 3 is 3.05 bits per heavy atom. The molecule has 0 bridgehead atoms. The van der Waals surface area contributed by atoms with E-state index in [-0.39, 0.29) is 24.3 Å². The molecule has 4 nitrogen and oxygen atoms in total. The molecule has 0 fully saturated rings. The van der Waals surface area contributed by atoms with E-state index in [1.54, 1.807) is 17.5 Å². The first-order valence-corrected chi connectivity index (χ1v) is 7.21. The van der Waals surface area contributed by atoms with Crippen LogP contribution in [0.1, 0.15) is 40.4 Å². The van der Waals surface area contributed by atoms with Crippen molar-refractivity contribution in [3.05, 3.63) is 51.7 Å². The van der Waals surface area contributed by atoms with Crippen LogP contribution in [0.15, 0.2) is 29.6 Å². The van der Waals surface area contributed by atoms with E-state index in [1.807, 2.05) is 6.92 Å². The smallest absolute Gasteiger partial charge is 0.271 e. The van der Waals surface area contributed by atoms with Gasteiger partial charge in [-0.15, -0.1) is 11.3 Å². The summed E-state index contributed by atoms with van der Waals surface area (Å²) in [5, 5.41) is 5.15. The summed E-state index contributed by atoms with van der Waals surface area (Å²) in [5.74, 6) is -0.596. The molecular formula is C14H16FN3OS. The van der Waals surface area contributed by atoms with Crippen molar-refractivity contribution in [3.63, 3.8) is 0 Å². The van der Waals surface area contributed by atoms with Gasteiger partial charge in [0.1, 0.15) is 16.5 Å². The molecule has 2 aromatic rings. The third-order valence-corrected chi connectivity index (χ3v) is 3.83. The summed E-state index contributed by atoms with van der Waals surface area (Å²) in [6, 6.07) is 5.98. The maximum absolute atomic E-state index is 13.0. The Hall–Kier alpha value is -1.79. The molecule has 106 valence electrons. The Morgan fingerprint density at radius 2 is 2.35 bits per heavy atom. The van der Waals surface area contributed by atoms with Gasteiger partial charge in [-0.2, -0.15) is 0 Å². The number of nitrogens with one attached hydrogen (secondary N) is 1. The van der Waals surface area contributed by atoms with Gasteiger partial charge in [0.25, 0.3) is 5.91 Å². The van der Waals surface area contributed by atoms with Gasteiger partial charge in [0.15, 0.2) is 0 Å². The first-order valence-electron chi connectivity index (χ1n) is 6.33. The van der Waals surface area contributed by atoms with E-state index >= 15 is 0 Å². The van der Waals surface area contributed by atoms with E-state index in [2.05, 4.69) is 10.3 Å². The van der Waals surface area contributed by atoms with Gasteiger partial charge in [-0.25, -0.2) is 9.37 Å². The van der Waals surface area contributed by atoms with E-state index < -0.39 is 0 Å². The summed E-state index contributed by atoms with van der Waals surface area (Å²) >= 11 is 1.38. The number of carbonyl (C=O) groups excluding carboxylic acids is 1. The van der Waals surface area contributed by atoms with Crippen molar-refractivity contribution in [3.8, 4) is 0 Å². The molecule has 0 aliphatic carbocycles. The maximum atomic E-state index is 13.0. The standard InChI is InChI=1S/C14H16FN3OS/c1-2-11(16)14-18-12(8-20-14)13(19)17-7-9-4-3-5-10(15)6-9/h3-6,8,11H,2,7,16H2,1H3,(H,17,19). The van der Waals surface area contributed by atoms with E-state index in [1.165, 1.54) is 23.5 Å². The van der Waals surface area contributed by atoms with Crippen molar-refractivity contribution in [2.45, 2.75) is 25.9 Å². The number of rotatable bonds is 5. The molecular weight excluding hydrogens is 277 g/mol. The molecule has 0 spiro atoms. The number of hydrogen-bond donors (Lipinski definition) is 2. The molecule has 0 radical (unpaired) electrons. The topological polar surface area (TPSA) is 68.0 Å². The minimum atomic E-state index is -0.318. The lowest BCUT2D eigenvalue weighted by atomic mass is 10.2. The van der Waals surface area contributed by atoms with Crippen LogP contribution in [-0.4, -0.2) is 10.9 Å². The normalized spacial score (nSPS) is 12.2. The second-order valence-corrected chi connectivity index (χ2v) is 5.29. The average Bonchev–Trinajstić information content (AvgIpc) is 2.94. The van der Waals surface area contributed by atoms with Gasteiger partial charge >= 0.3 is 0 Å². The molecule has 0 saturated carbocycles. The maximum Gasteiger partial charge on any atom is 0.271 e. The highest BCUT2D eigenvalue weighted by atomic mass is 32.1. The fraction of sp³-hybridized carbons (Fsp3) is 0.286. The number of benzene rings is 1. The summed E-state index contributed by atoms with van der Waals surface area (Å²) in [4.78, 5) is 16.1. The lowest BCUT2D eigenvalue weighted by Crippen LogP contribution is -2.23. The van der Waals surface area contributed by atoms with Crippen LogP contribution in [0.4, 0.5) is 4.39 Å². The highest BCUT2D eigenvalue weighted by molar-refractivity contribution is 7.09. The number of carbonyl (C=O) groups is 1. The van der Waals surface area contributed by atoms with E-state index in [0.717, 1.165) is 11.4 Å². The lowest BCUT2D eigenvalue weighted by Gasteiger charge is -2.04. The van der Waals surface area contributed by atoms with Crippen molar-refractivity contribution >= 4 is 17.2 Å². The Labute approximate surface area is 120 Å². The number of hydrogen-bond acceptors (Lipinski definition) is 4. The molecule has 1 amide bonds. The molecule has 6 heteroatoms. The van der Waals surface area contributed by atoms with E-state index in [0.29, 0.717) is 11.3 Å². The quantitative estimate of drug-likeness (QED) is 0.890. The first kappa shape index (κ1) is 14.6. The molecule has 3 N–H and O–H groups in total. The molecule has 0 saturated heterocycles. The van der Waals surface area contributed by atoms with Gasteiger partial charge in [-0.05, 0) is 24.1 Å². The van der Waals surface area contributed by atoms with Crippen molar-refractivity contribution in [1.29, 1.82) is 0 Å². The molecule has 1 heterocycles. The summed E-state index contributed by atoms with van der Waals surface area (Å²) in [6.07, 6.45) is 0.776. The zero-order valence-electron chi connectivity index (χ0n) is 11.1. The zero-order valence-corrected chi connectivity index (χ0v) is 11.9. The third kappa shape index (κ3) is 3.61. The van der Waals surface area contributed by atoms with Crippen LogP contribution in [0.5, 0.6) is 0 Å². The monoisotopic (exact) mass is 293 g/mol. The Kier molecular flexibility index (Phi) is 4.81. The highest BCUT2D eigenvalue weighted by Crippen LogP contribution is 2.18. The van der Waals surface area contributed by atoms with Gasteiger partial charge in [0, 0.05) is 11.9 Å². The van der Waals surface area contributed by atoms with Gasteiger partial charge in [-0.3, -0.25) is 4.79 Å². The molecule has 1 atom stereocenters. The van der Waals surface area contributed by atoms with Crippen LogP contribution >= 0.6 is 11.3 Å². The molecule has 20 heavy (non-hydrogen) atoms. The molecule has 1 aromatic heterocycles. The largest absolute Gasteiger partial charge is 0.347 e. The molecule has 0 aliphatic rings. The van der Waals surface area contributed by atoms with Crippen LogP contribution in [0.3, 0.4) is 0 Å². The van der Waals surface area contributed by atoms with E-state index in [9.17, 15) is 9.18 Å². The average molecular weight is 293 g/mol. The predicted molar refractivity (Wildman–Crippen MR) is 76.9 cm³/mol. The Morgan fingerprint density at radius 1 is 1.55 bits per heavy atom. The third-order valence-electron chi connectivity index (χ3n) is 2.85. The lowest BCUT2D eigenvalue weighted by molar-refractivity contribution is 0.0946. The summed E-state index contributed by atoms with van der Waals surface area (Å²) in [7, 11) is 0. The Bertz CT molecular complexity index is 600. The number of thiazole rings is 1. The second-order valence-electron chi connectivity index (χ2n) is 4.40. The van der Waals surface area contributed by atoms with Crippen LogP contribution in [0.2, 0.25) is 0 Å². The van der Waals surface area contributed by atoms with Crippen LogP contribution in [-0.2, 0) is 6.54 Å². The molecule has 2 rings (SSSR count). The molecule has 1 unspecified atom stereocenters. The molecule has 1 aromatic carbocycles. The van der Waals surface area contributed by atoms with Gasteiger partial charge in [-0.1, -0.05) is 19.1 Å². The fourth-order valence-corrected chi connectivity index (χ4v) is 2.54. The minimum absolute atomic E-state index is 0.134. The van der Waals surface area contributed by atoms with Crippen molar-refractivity contribution < 1.29 is 9.18 Å². The molecule has 0 aliphatic heterocycles. The minimum Gasteiger partial charge on any atom is -0.347 e. The first-order chi connectivity index (χ1) is 9.60. The SMILES string of the molecule is CCC(N)c1nc(C(=O)NCc2cccc(F)c2)cs1. The Balaban J connectivity index is 1.96. The van der Waals surface area contributed by atoms with Gasteiger partial charge in [0.05, 0.1) is 6.04 Å². The van der Waals surface area contributed by atoms with E-state index in [4.69, 9.17) is 5.73 Å². The number of nitrogens with two attached hydrogens (primary N) is 1. The number of halogens is 1. The van der Waals surface area contributed by atoms with Crippen molar-refractivity contribution in [2.75, 3.05) is 0 Å². The van der Waals surface area contributed by atoms with Crippen LogP contribution in [0.25, 0.3) is 0 Å². The number of aromatic nitrogens is 1. The second kappa shape index (κ2) is 6.58. The van der Waals surface area contributed by atoms with Crippen molar-refractivity contribution in [1.82, 2.24) is 10.3 Å². The van der Waals surface area contributed by atoms with Gasteiger partial charge in [0.2, 0.25) is 0 Å². The van der Waals surface area contributed by atoms with Crippen LogP contribution in [0, 0.1) is 5.82 Å². The van der Waals surface area contributed by atoms with Gasteiger partial charge < -0.3 is 11.1 Å². The fourth-order valence-electron chi connectivity index (χ4n) is 1.66. The van der Waals surface area contributed by atoms with Crippen LogP contribution < -0.4 is 11.1 Å². The number of nitrogens with zero attached hydrogens (tertiary/aromatic N) is 1. The highest BCUT2D eigenvalue weighted by Gasteiger charge is 2.13. The zero-order chi connectivity index (χ0) is 14.5. The number of amides is 1. The summed E-state index contributed by atoms with van der Waals surface area (Å²) in [5.41, 5.74) is 6.92. The summed E-state index contributed by atoms with van der Waals surface area (Å²) in [6.45, 7) is 2.24. The summed E-state index contributed by atoms with van der Waals surface area (Å²) < 4.78 is 13.0. The van der Waals surface area contributed by atoms with Crippen molar-refractivity contribution in [2.24, 2.45) is 5.73 Å². The predicted octanol–water partition coefficient (Wildman–Crippen LogP) is 2.62.